The fraction of sp³-hybridized carbons (Fsp3) is 0.538. The summed E-state index contributed by atoms with van der Waals surface area (Å²) in [6.07, 6.45) is 5.53. The number of hydrogen-bond acceptors (Lipinski definition) is 4. The van der Waals surface area contributed by atoms with Crippen LogP contribution in [0, 0.1) is 11.3 Å². The van der Waals surface area contributed by atoms with Gasteiger partial charge in [0, 0.05) is 19.8 Å². The summed E-state index contributed by atoms with van der Waals surface area (Å²) in [4.78, 5) is 6.15. The maximum absolute atomic E-state index is 10.3. The number of rotatable bonds is 3. The summed E-state index contributed by atoms with van der Waals surface area (Å²) in [5.74, 6) is 0.740. The second-order valence-electron chi connectivity index (χ2n) is 4.80. The molecule has 0 bridgehead atoms. The molecule has 1 saturated carbocycles. The van der Waals surface area contributed by atoms with Crippen LogP contribution in [0.3, 0.4) is 0 Å². The third kappa shape index (κ3) is 2.75. The van der Waals surface area contributed by atoms with Crippen molar-refractivity contribution in [2.24, 2.45) is 0 Å². The standard InChI is InChI=1S/C13H17N3O/c1-16(10-13(17)5-2-3-6-13)12-8-11(9-14)4-7-15-12/h4,7-8,17H,2-3,5-6,10H2,1H3. The minimum absolute atomic E-state index is 0.578. The number of aliphatic hydroxyl groups is 1. The zero-order valence-corrected chi connectivity index (χ0v) is 10.1. The second kappa shape index (κ2) is 4.72. The highest BCUT2D eigenvalue weighted by molar-refractivity contribution is 5.44. The molecule has 1 fully saturated rings. The molecule has 1 N–H and O–H groups in total. The molecule has 2 rings (SSSR count). The van der Waals surface area contributed by atoms with Crippen molar-refractivity contribution >= 4 is 5.82 Å². The summed E-state index contributed by atoms with van der Waals surface area (Å²) in [6, 6.07) is 5.53. The fourth-order valence-corrected chi connectivity index (χ4v) is 2.41. The molecule has 1 aromatic rings. The molecule has 0 saturated heterocycles. The number of pyridine rings is 1. The van der Waals surface area contributed by atoms with Crippen molar-refractivity contribution in [2.45, 2.75) is 31.3 Å². The smallest absolute Gasteiger partial charge is 0.129 e. The molecule has 0 amide bonds. The van der Waals surface area contributed by atoms with Crippen molar-refractivity contribution in [1.29, 1.82) is 5.26 Å². The van der Waals surface area contributed by atoms with E-state index < -0.39 is 5.60 Å². The molecule has 4 nitrogen and oxygen atoms in total. The number of aromatic nitrogens is 1. The largest absolute Gasteiger partial charge is 0.388 e. The molecule has 0 aromatic carbocycles. The van der Waals surface area contributed by atoms with Gasteiger partial charge in [0.25, 0.3) is 0 Å². The highest BCUT2D eigenvalue weighted by Gasteiger charge is 2.32. The van der Waals surface area contributed by atoms with Gasteiger partial charge in [0.15, 0.2) is 0 Å². The van der Waals surface area contributed by atoms with Gasteiger partial charge in [0.2, 0.25) is 0 Å². The number of anilines is 1. The Morgan fingerprint density at radius 3 is 2.88 bits per heavy atom. The zero-order chi connectivity index (χ0) is 12.3. The highest BCUT2D eigenvalue weighted by atomic mass is 16.3. The predicted molar refractivity (Wildman–Crippen MR) is 65.6 cm³/mol. The fourth-order valence-electron chi connectivity index (χ4n) is 2.41. The molecule has 0 unspecified atom stereocenters. The number of nitriles is 1. The highest BCUT2D eigenvalue weighted by Crippen LogP contribution is 2.30. The quantitative estimate of drug-likeness (QED) is 0.860. The van der Waals surface area contributed by atoms with E-state index >= 15 is 0 Å². The normalized spacial score (nSPS) is 17.7. The number of likely N-dealkylation sites (N-methyl/N-ethyl adjacent to an activating group) is 1. The first-order valence-electron chi connectivity index (χ1n) is 5.93. The summed E-state index contributed by atoms with van der Waals surface area (Å²) in [6.45, 7) is 0.578. The van der Waals surface area contributed by atoms with Crippen LogP contribution in [0.5, 0.6) is 0 Å². The van der Waals surface area contributed by atoms with Gasteiger partial charge in [-0.1, -0.05) is 12.8 Å². The van der Waals surface area contributed by atoms with E-state index in [1.165, 1.54) is 0 Å². The van der Waals surface area contributed by atoms with Gasteiger partial charge in [-0.05, 0) is 25.0 Å². The molecule has 4 heteroatoms. The molecule has 90 valence electrons. The first-order chi connectivity index (χ1) is 8.13. The van der Waals surface area contributed by atoms with Crippen molar-refractivity contribution in [1.82, 2.24) is 4.98 Å². The van der Waals surface area contributed by atoms with Gasteiger partial charge in [-0.3, -0.25) is 0 Å². The maximum atomic E-state index is 10.3. The van der Waals surface area contributed by atoms with E-state index in [2.05, 4.69) is 11.1 Å². The molecule has 1 aliphatic rings. The molecular weight excluding hydrogens is 214 g/mol. The third-order valence-electron chi connectivity index (χ3n) is 3.33. The van der Waals surface area contributed by atoms with Crippen molar-refractivity contribution in [3.05, 3.63) is 23.9 Å². The van der Waals surface area contributed by atoms with Crippen LogP contribution in [-0.2, 0) is 0 Å². The molecule has 1 aromatic heterocycles. The summed E-state index contributed by atoms with van der Waals surface area (Å²) in [7, 11) is 1.90. The lowest BCUT2D eigenvalue weighted by molar-refractivity contribution is 0.0558. The molecule has 0 aliphatic heterocycles. The Hall–Kier alpha value is -1.60. The van der Waals surface area contributed by atoms with E-state index in [1.54, 1.807) is 18.3 Å². The van der Waals surface area contributed by atoms with Crippen LogP contribution < -0.4 is 4.90 Å². The van der Waals surface area contributed by atoms with Crippen molar-refractivity contribution < 1.29 is 5.11 Å². The van der Waals surface area contributed by atoms with Gasteiger partial charge in [0.1, 0.15) is 5.82 Å². The lowest BCUT2D eigenvalue weighted by Gasteiger charge is -2.29. The first-order valence-corrected chi connectivity index (χ1v) is 5.93. The van der Waals surface area contributed by atoms with Crippen LogP contribution in [0.1, 0.15) is 31.2 Å². The third-order valence-corrected chi connectivity index (χ3v) is 3.33. The van der Waals surface area contributed by atoms with Gasteiger partial charge >= 0.3 is 0 Å². The maximum Gasteiger partial charge on any atom is 0.129 e. The van der Waals surface area contributed by atoms with Crippen LogP contribution in [0.2, 0.25) is 0 Å². The van der Waals surface area contributed by atoms with Crippen molar-refractivity contribution in [2.75, 3.05) is 18.5 Å². The molecule has 1 aliphatic carbocycles. The van der Waals surface area contributed by atoms with Crippen LogP contribution in [0.4, 0.5) is 5.82 Å². The van der Waals surface area contributed by atoms with Crippen molar-refractivity contribution in [3.63, 3.8) is 0 Å². The second-order valence-corrected chi connectivity index (χ2v) is 4.80. The molecule has 0 spiro atoms. The van der Waals surface area contributed by atoms with Gasteiger partial charge in [0.05, 0.1) is 17.2 Å². The van der Waals surface area contributed by atoms with Crippen LogP contribution in [0.25, 0.3) is 0 Å². The minimum atomic E-state index is -0.584. The van der Waals surface area contributed by atoms with E-state index in [1.807, 2.05) is 11.9 Å². The lowest BCUT2D eigenvalue weighted by Crippen LogP contribution is -2.39. The Balaban J connectivity index is 2.09. The molecule has 1 heterocycles. The summed E-state index contributed by atoms with van der Waals surface area (Å²) in [5, 5.41) is 19.1. The van der Waals surface area contributed by atoms with E-state index in [0.29, 0.717) is 12.1 Å². The average Bonchev–Trinajstić information content (AvgIpc) is 2.76. The van der Waals surface area contributed by atoms with E-state index in [4.69, 9.17) is 5.26 Å². The van der Waals surface area contributed by atoms with Crippen LogP contribution in [0.15, 0.2) is 18.3 Å². The number of hydrogen-bond donors (Lipinski definition) is 1. The summed E-state index contributed by atoms with van der Waals surface area (Å²) in [5.41, 5.74) is 0.0132. The molecule has 0 atom stereocenters. The molecular formula is C13H17N3O. The Morgan fingerprint density at radius 1 is 1.53 bits per heavy atom. The number of nitrogens with zero attached hydrogens (tertiary/aromatic N) is 3. The van der Waals surface area contributed by atoms with E-state index in [-0.39, 0.29) is 0 Å². The van der Waals surface area contributed by atoms with E-state index in [9.17, 15) is 5.11 Å². The Labute approximate surface area is 102 Å². The van der Waals surface area contributed by atoms with Crippen molar-refractivity contribution in [3.8, 4) is 6.07 Å². The average molecular weight is 231 g/mol. The lowest BCUT2D eigenvalue weighted by atomic mass is 10.0. The van der Waals surface area contributed by atoms with Gasteiger partial charge in [-0.2, -0.15) is 5.26 Å². The van der Waals surface area contributed by atoms with Crippen LogP contribution >= 0.6 is 0 Å². The zero-order valence-electron chi connectivity index (χ0n) is 10.1. The Kier molecular flexibility index (Phi) is 3.30. The monoisotopic (exact) mass is 231 g/mol. The topological polar surface area (TPSA) is 60.1 Å². The Bertz CT molecular complexity index is 433. The first kappa shape index (κ1) is 11.9. The van der Waals surface area contributed by atoms with Gasteiger partial charge in [-0.15, -0.1) is 0 Å². The van der Waals surface area contributed by atoms with Gasteiger partial charge < -0.3 is 10.0 Å². The van der Waals surface area contributed by atoms with Gasteiger partial charge in [-0.25, -0.2) is 4.98 Å². The predicted octanol–water partition coefficient (Wildman–Crippen LogP) is 1.69. The summed E-state index contributed by atoms with van der Waals surface area (Å²) >= 11 is 0. The molecule has 0 radical (unpaired) electrons. The Morgan fingerprint density at radius 2 is 2.24 bits per heavy atom. The van der Waals surface area contributed by atoms with Crippen LogP contribution in [-0.4, -0.2) is 29.3 Å². The SMILES string of the molecule is CN(CC1(O)CCCC1)c1cc(C#N)ccn1. The molecule has 17 heavy (non-hydrogen) atoms. The summed E-state index contributed by atoms with van der Waals surface area (Å²) < 4.78 is 0. The van der Waals surface area contributed by atoms with E-state index in [0.717, 1.165) is 31.5 Å². The minimum Gasteiger partial charge on any atom is -0.388 e.